The summed E-state index contributed by atoms with van der Waals surface area (Å²) in [7, 11) is 0. The molecule has 0 N–H and O–H groups in total. The Labute approximate surface area is 116 Å². The van der Waals surface area contributed by atoms with Gasteiger partial charge in [-0.15, -0.1) is 0 Å². The summed E-state index contributed by atoms with van der Waals surface area (Å²) >= 11 is 0. The minimum absolute atomic E-state index is 0. The molecule has 0 aromatic rings. The number of carboxylic acids is 2. The fraction of sp³-hybridized carbons (Fsp3) is 0.600. The minimum Gasteiger partial charge on any atom is -0.542 e. The van der Waals surface area contributed by atoms with Gasteiger partial charge in [-0.05, 0) is 12.8 Å². The molecule has 0 spiro atoms. The van der Waals surface area contributed by atoms with Gasteiger partial charge in [-0.25, -0.2) is 0 Å². The molecule has 0 radical (unpaired) electrons. The van der Waals surface area contributed by atoms with Gasteiger partial charge in [0.1, 0.15) is 11.9 Å². The van der Waals surface area contributed by atoms with Crippen LogP contribution in [0.4, 0.5) is 0 Å². The summed E-state index contributed by atoms with van der Waals surface area (Å²) in [6.45, 7) is 3.47. The van der Waals surface area contributed by atoms with Crippen molar-refractivity contribution in [2.45, 2.75) is 39.5 Å². The first kappa shape index (κ1) is 21.3. The van der Waals surface area contributed by atoms with E-state index in [9.17, 15) is 29.4 Å². The molecule has 0 saturated heterocycles. The van der Waals surface area contributed by atoms with E-state index in [0.717, 1.165) is 0 Å². The summed E-state index contributed by atoms with van der Waals surface area (Å²) in [4.78, 5) is 39.4. The molecule has 0 atom stereocenters. The molecule has 6 nitrogen and oxygen atoms in total. The summed E-state index contributed by atoms with van der Waals surface area (Å²) < 4.78 is 0. The van der Waals surface area contributed by atoms with Crippen LogP contribution in [-0.4, -0.2) is 46.6 Å². The van der Waals surface area contributed by atoms with Crippen molar-refractivity contribution in [3.63, 3.8) is 0 Å². The van der Waals surface area contributed by atoms with Gasteiger partial charge < -0.3 is 19.8 Å². The fourth-order valence-corrected chi connectivity index (χ4v) is 0.658. The molecule has 0 heterocycles. The molecule has 0 saturated carbocycles. The summed E-state index contributed by atoms with van der Waals surface area (Å²) in [5, 5.41) is 19.3. The van der Waals surface area contributed by atoms with E-state index in [-0.39, 0.29) is 35.9 Å². The van der Waals surface area contributed by atoms with E-state index < -0.39 is 23.5 Å². The van der Waals surface area contributed by atoms with Crippen molar-refractivity contribution in [2.24, 2.45) is 0 Å². The third-order valence-electron chi connectivity index (χ3n) is 1.41. The van der Waals surface area contributed by atoms with Crippen molar-refractivity contribution < 1.29 is 29.4 Å². The molecule has 0 aliphatic carbocycles. The quantitative estimate of drug-likeness (QED) is 0.393. The maximum absolute atomic E-state index is 10.1. The zero-order valence-electron chi connectivity index (χ0n) is 9.99. The van der Waals surface area contributed by atoms with E-state index in [4.69, 9.17) is 0 Å². The molecule has 0 bridgehead atoms. The minimum atomic E-state index is -1.58. The van der Waals surface area contributed by atoms with Gasteiger partial charge in [0.2, 0.25) is 0 Å². The predicted molar refractivity (Wildman–Crippen MR) is 55.6 cm³/mol. The van der Waals surface area contributed by atoms with Gasteiger partial charge in [-0.1, -0.05) is 13.8 Å². The smallest absolute Gasteiger partial charge is 0.542 e. The van der Waals surface area contributed by atoms with Crippen LogP contribution in [0.1, 0.15) is 39.5 Å². The normalized spacial score (nSPS) is 8.12. The Balaban J connectivity index is -0.000000218. The van der Waals surface area contributed by atoms with Gasteiger partial charge in [0, 0.05) is 12.8 Å². The molecule has 0 aliphatic heterocycles. The molecule has 17 heavy (non-hydrogen) atoms. The third kappa shape index (κ3) is 15.0. The average Bonchev–Trinajstić information content (AvgIpc) is 2.19. The molecular weight excluding hydrogens is 240 g/mol. The molecule has 92 valence electrons. The number of hydrogen-bond donors (Lipinski definition) is 0. The SMILES string of the molecule is CCCC(=O)C(=O)[O-].CCCC(=O)C(=O)[O-].[Mg+2]. The van der Waals surface area contributed by atoms with Crippen LogP contribution in [0.2, 0.25) is 0 Å². The van der Waals surface area contributed by atoms with Crippen LogP contribution in [0.5, 0.6) is 0 Å². The van der Waals surface area contributed by atoms with E-state index in [1.54, 1.807) is 13.8 Å². The Morgan fingerprint density at radius 2 is 1.00 bits per heavy atom. The molecule has 7 heteroatoms. The van der Waals surface area contributed by atoms with Crippen LogP contribution in [-0.2, 0) is 19.2 Å². The average molecular weight is 255 g/mol. The van der Waals surface area contributed by atoms with Crippen molar-refractivity contribution in [1.82, 2.24) is 0 Å². The van der Waals surface area contributed by atoms with Crippen LogP contribution in [0, 0.1) is 0 Å². The summed E-state index contributed by atoms with van der Waals surface area (Å²) in [6.07, 6.45) is 1.30. The number of rotatable bonds is 6. The number of hydrogen-bond acceptors (Lipinski definition) is 6. The number of aliphatic carboxylic acids is 2. The zero-order valence-corrected chi connectivity index (χ0v) is 11.4. The molecule has 0 unspecified atom stereocenters. The topological polar surface area (TPSA) is 114 Å². The molecule has 0 fully saturated rings. The van der Waals surface area contributed by atoms with Crippen molar-refractivity contribution in [2.75, 3.05) is 0 Å². The first-order valence-electron chi connectivity index (χ1n) is 4.85. The number of carbonyl (C=O) groups is 4. The Bertz CT molecular complexity index is 246. The Hall–Kier alpha value is -0.954. The molecular formula is C10H14MgO6. The van der Waals surface area contributed by atoms with Gasteiger partial charge >= 0.3 is 23.1 Å². The van der Waals surface area contributed by atoms with Gasteiger partial charge in [-0.3, -0.25) is 9.59 Å². The molecule has 0 aromatic heterocycles. The van der Waals surface area contributed by atoms with Gasteiger partial charge in [-0.2, -0.15) is 0 Å². The third-order valence-corrected chi connectivity index (χ3v) is 1.41. The van der Waals surface area contributed by atoms with Gasteiger partial charge in [0.25, 0.3) is 0 Å². The largest absolute Gasteiger partial charge is 2.00 e. The van der Waals surface area contributed by atoms with Crippen LogP contribution in [0.3, 0.4) is 0 Å². The maximum atomic E-state index is 10.1. The monoisotopic (exact) mass is 254 g/mol. The van der Waals surface area contributed by atoms with Crippen LogP contribution >= 0.6 is 0 Å². The van der Waals surface area contributed by atoms with Crippen molar-refractivity contribution in [3.8, 4) is 0 Å². The van der Waals surface area contributed by atoms with E-state index in [0.29, 0.717) is 12.8 Å². The van der Waals surface area contributed by atoms with Gasteiger partial charge in [0.15, 0.2) is 11.6 Å². The Morgan fingerprint density at radius 3 is 1.06 bits per heavy atom. The standard InChI is InChI=1S/2C5H8O3.Mg/c2*1-2-3-4(6)5(7)8;/h2*2-3H2,1H3,(H,7,8);/q;;+2/p-2. The summed E-state index contributed by atoms with van der Waals surface area (Å²) in [5.41, 5.74) is 0. The maximum Gasteiger partial charge on any atom is 2.00 e. The van der Waals surface area contributed by atoms with Crippen LogP contribution in [0.25, 0.3) is 0 Å². The van der Waals surface area contributed by atoms with Crippen LogP contribution in [0.15, 0.2) is 0 Å². The number of carbonyl (C=O) groups excluding carboxylic acids is 4. The van der Waals surface area contributed by atoms with Crippen molar-refractivity contribution in [1.29, 1.82) is 0 Å². The van der Waals surface area contributed by atoms with Crippen LogP contribution < -0.4 is 10.2 Å². The van der Waals surface area contributed by atoms with Crippen molar-refractivity contribution >= 4 is 46.6 Å². The zero-order chi connectivity index (χ0) is 13.1. The van der Waals surface area contributed by atoms with E-state index in [2.05, 4.69) is 0 Å². The number of ketones is 2. The Kier molecular flexibility index (Phi) is 16.5. The second-order valence-corrected chi connectivity index (χ2v) is 2.92. The summed E-state index contributed by atoms with van der Waals surface area (Å²) in [5.74, 6) is -4.78. The Morgan fingerprint density at radius 1 is 0.765 bits per heavy atom. The summed E-state index contributed by atoms with van der Waals surface area (Å²) in [6, 6.07) is 0. The van der Waals surface area contributed by atoms with Crippen molar-refractivity contribution in [3.05, 3.63) is 0 Å². The van der Waals surface area contributed by atoms with E-state index in [1.165, 1.54) is 0 Å². The van der Waals surface area contributed by atoms with E-state index in [1.807, 2.05) is 0 Å². The number of Topliss-reactive ketones (excluding diaryl/α,β-unsaturated/α-hetero) is 2. The number of carboxylic acid groups (broad SMARTS) is 2. The molecule has 0 rings (SSSR count). The van der Waals surface area contributed by atoms with E-state index >= 15 is 0 Å². The molecule has 0 aliphatic rings. The van der Waals surface area contributed by atoms with Gasteiger partial charge in [0.05, 0.1) is 0 Å². The first-order valence-corrected chi connectivity index (χ1v) is 4.85. The molecule has 0 aromatic carbocycles. The second kappa shape index (κ2) is 13.1. The fourth-order valence-electron chi connectivity index (χ4n) is 0.658. The second-order valence-electron chi connectivity index (χ2n) is 2.92. The molecule has 0 amide bonds. The first-order chi connectivity index (χ1) is 7.36. The predicted octanol–water partition coefficient (Wildman–Crippen LogP) is -2.17.